The number of hydrogen-bond acceptors (Lipinski definition) is 4. The van der Waals surface area contributed by atoms with Crippen LogP contribution in [0.1, 0.15) is 44.9 Å². The van der Waals surface area contributed by atoms with Crippen LogP contribution in [0.15, 0.2) is 54.6 Å². The number of amides is 2. The van der Waals surface area contributed by atoms with E-state index in [4.69, 9.17) is 0 Å². The van der Waals surface area contributed by atoms with Gasteiger partial charge in [0.15, 0.2) is 5.69 Å². The third kappa shape index (κ3) is 3.93. The largest absolute Gasteiger partial charge is 0.348 e. The van der Waals surface area contributed by atoms with Crippen LogP contribution in [0, 0.1) is 6.92 Å². The number of aromatic nitrogens is 3. The molecule has 0 bridgehead atoms. The minimum Gasteiger partial charge on any atom is -0.348 e. The van der Waals surface area contributed by atoms with Crippen LogP contribution in [-0.4, -0.2) is 32.9 Å². The molecule has 0 saturated heterocycles. The average molecular weight is 375 g/mol. The number of nitrogens with zero attached hydrogens (tertiary/aromatic N) is 3. The van der Waals surface area contributed by atoms with Crippen molar-refractivity contribution in [3.8, 4) is 5.69 Å². The van der Waals surface area contributed by atoms with Crippen molar-refractivity contribution in [2.45, 2.75) is 32.4 Å². The second-order valence-electron chi connectivity index (χ2n) is 6.90. The normalized spacial score (nSPS) is 13.2. The third-order valence-corrected chi connectivity index (χ3v) is 4.69. The number of benzene rings is 2. The number of nitrogens with one attached hydrogen (secondary N) is 2. The molecule has 0 radical (unpaired) electrons. The molecule has 1 heterocycles. The first kappa shape index (κ1) is 17.9. The van der Waals surface area contributed by atoms with Gasteiger partial charge in [0.05, 0.1) is 11.4 Å². The van der Waals surface area contributed by atoms with Crippen molar-refractivity contribution < 1.29 is 9.59 Å². The Morgan fingerprint density at radius 3 is 2.43 bits per heavy atom. The Labute approximate surface area is 162 Å². The first-order valence-electron chi connectivity index (χ1n) is 9.27. The first-order valence-corrected chi connectivity index (χ1v) is 9.27. The van der Waals surface area contributed by atoms with Crippen LogP contribution >= 0.6 is 0 Å². The highest BCUT2D eigenvalue weighted by molar-refractivity contribution is 5.94. The summed E-state index contributed by atoms with van der Waals surface area (Å²) in [5, 5.41) is 13.9. The van der Waals surface area contributed by atoms with Gasteiger partial charge in [-0.15, -0.1) is 5.10 Å². The molecule has 1 fully saturated rings. The van der Waals surface area contributed by atoms with E-state index >= 15 is 0 Å². The molecule has 4 rings (SSSR count). The summed E-state index contributed by atoms with van der Waals surface area (Å²) >= 11 is 0. The van der Waals surface area contributed by atoms with Crippen LogP contribution in [0.5, 0.6) is 0 Å². The van der Waals surface area contributed by atoms with E-state index in [9.17, 15) is 9.59 Å². The van der Waals surface area contributed by atoms with E-state index in [1.54, 1.807) is 28.9 Å². The van der Waals surface area contributed by atoms with Crippen molar-refractivity contribution >= 4 is 11.8 Å². The predicted octanol–water partition coefficient (Wildman–Crippen LogP) is 2.40. The monoisotopic (exact) mass is 375 g/mol. The molecule has 7 nitrogen and oxygen atoms in total. The van der Waals surface area contributed by atoms with Crippen LogP contribution in [0.3, 0.4) is 0 Å². The van der Waals surface area contributed by atoms with Crippen LogP contribution in [0.25, 0.3) is 5.69 Å². The molecular formula is C21H21N5O2. The minimum absolute atomic E-state index is 0.143. The lowest BCUT2D eigenvalue weighted by Crippen LogP contribution is -2.26. The molecule has 2 N–H and O–H groups in total. The molecule has 2 aromatic carbocycles. The van der Waals surface area contributed by atoms with Gasteiger partial charge in [0.25, 0.3) is 11.8 Å². The van der Waals surface area contributed by atoms with Crippen molar-refractivity contribution in [2.24, 2.45) is 0 Å². The van der Waals surface area contributed by atoms with Crippen molar-refractivity contribution in [2.75, 3.05) is 0 Å². The zero-order valence-corrected chi connectivity index (χ0v) is 15.6. The summed E-state index contributed by atoms with van der Waals surface area (Å²) in [7, 11) is 0. The van der Waals surface area contributed by atoms with Crippen LogP contribution in [0.4, 0.5) is 0 Å². The van der Waals surface area contributed by atoms with E-state index in [1.807, 2.05) is 37.3 Å². The highest BCUT2D eigenvalue weighted by Crippen LogP contribution is 2.20. The van der Waals surface area contributed by atoms with Gasteiger partial charge in [0.2, 0.25) is 0 Å². The third-order valence-electron chi connectivity index (χ3n) is 4.69. The van der Waals surface area contributed by atoms with Crippen LogP contribution in [0.2, 0.25) is 0 Å². The SMILES string of the molecule is Cc1c(C(=O)NC2CC2)nnn1-c1ccc(C(=O)NCc2ccccc2)cc1. The van der Waals surface area contributed by atoms with E-state index in [-0.39, 0.29) is 17.9 Å². The lowest BCUT2D eigenvalue weighted by atomic mass is 10.1. The van der Waals surface area contributed by atoms with Gasteiger partial charge in [-0.25, -0.2) is 4.68 Å². The molecule has 0 aliphatic heterocycles. The van der Waals surface area contributed by atoms with Gasteiger partial charge in [-0.2, -0.15) is 0 Å². The Morgan fingerprint density at radius 1 is 1.04 bits per heavy atom. The Bertz CT molecular complexity index is 991. The molecule has 3 aromatic rings. The lowest BCUT2D eigenvalue weighted by molar-refractivity contribution is 0.0939. The first-order chi connectivity index (χ1) is 13.6. The summed E-state index contributed by atoms with van der Waals surface area (Å²) in [6.45, 7) is 2.28. The fourth-order valence-electron chi connectivity index (χ4n) is 2.90. The zero-order chi connectivity index (χ0) is 19.5. The standard InChI is InChI=1S/C21H21N5O2/c1-14-19(21(28)23-17-9-10-17)24-25-26(14)18-11-7-16(8-12-18)20(27)22-13-15-5-3-2-4-6-15/h2-8,11-12,17H,9-10,13H2,1H3,(H,22,27)(H,23,28). The Balaban J connectivity index is 1.43. The summed E-state index contributed by atoms with van der Waals surface area (Å²) in [6, 6.07) is 17.1. The van der Waals surface area contributed by atoms with E-state index in [2.05, 4.69) is 20.9 Å². The Hall–Kier alpha value is -3.48. The summed E-state index contributed by atoms with van der Waals surface area (Å²) in [5.41, 5.74) is 3.35. The van der Waals surface area contributed by atoms with E-state index in [1.165, 1.54) is 0 Å². The second-order valence-corrected chi connectivity index (χ2v) is 6.90. The van der Waals surface area contributed by atoms with Crippen LogP contribution < -0.4 is 10.6 Å². The molecule has 2 amide bonds. The highest BCUT2D eigenvalue weighted by atomic mass is 16.2. The van der Waals surface area contributed by atoms with Gasteiger partial charge in [-0.3, -0.25) is 9.59 Å². The summed E-state index contributed by atoms with van der Waals surface area (Å²) < 4.78 is 1.60. The Kier molecular flexibility index (Phi) is 4.89. The topological polar surface area (TPSA) is 88.9 Å². The van der Waals surface area contributed by atoms with E-state index < -0.39 is 0 Å². The lowest BCUT2D eigenvalue weighted by Gasteiger charge is -2.07. The molecule has 7 heteroatoms. The number of hydrogen-bond donors (Lipinski definition) is 2. The summed E-state index contributed by atoms with van der Waals surface area (Å²) in [6.07, 6.45) is 2.04. The maximum atomic E-state index is 12.3. The minimum atomic E-state index is -0.192. The predicted molar refractivity (Wildman–Crippen MR) is 104 cm³/mol. The van der Waals surface area contributed by atoms with Gasteiger partial charge in [-0.05, 0) is 49.6 Å². The fourth-order valence-corrected chi connectivity index (χ4v) is 2.90. The number of rotatable bonds is 6. The van der Waals surface area contributed by atoms with Crippen LogP contribution in [-0.2, 0) is 6.54 Å². The van der Waals surface area contributed by atoms with Crippen molar-refractivity contribution in [3.63, 3.8) is 0 Å². The van der Waals surface area contributed by atoms with Gasteiger partial charge >= 0.3 is 0 Å². The van der Waals surface area contributed by atoms with Gasteiger partial charge in [-0.1, -0.05) is 35.5 Å². The van der Waals surface area contributed by atoms with E-state index in [0.717, 1.165) is 24.1 Å². The van der Waals surface area contributed by atoms with Gasteiger partial charge in [0, 0.05) is 18.2 Å². The molecule has 0 atom stereocenters. The van der Waals surface area contributed by atoms with Crippen molar-refractivity contribution in [1.29, 1.82) is 0 Å². The maximum absolute atomic E-state index is 12.3. The Morgan fingerprint density at radius 2 is 1.75 bits per heavy atom. The molecule has 1 aliphatic carbocycles. The summed E-state index contributed by atoms with van der Waals surface area (Å²) in [5.74, 6) is -0.335. The molecule has 1 saturated carbocycles. The molecule has 1 aromatic heterocycles. The molecule has 28 heavy (non-hydrogen) atoms. The molecule has 0 spiro atoms. The zero-order valence-electron chi connectivity index (χ0n) is 15.6. The second kappa shape index (κ2) is 7.64. The molecule has 0 unspecified atom stereocenters. The fraction of sp³-hybridized carbons (Fsp3) is 0.238. The van der Waals surface area contributed by atoms with Crippen molar-refractivity contribution in [3.05, 3.63) is 77.1 Å². The highest BCUT2D eigenvalue weighted by Gasteiger charge is 2.26. The quantitative estimate of drug-likeness (QED) is 0.692. The summed E-state index contributed by atoms with van der Waals surface area (Å²) in [4.78, 5) is 24.5. The average Bonchev–Trinajstić information content (AvgIpc) is 3.45. The number of carbonyl (C=O) groups is 2. The smallest absolute Gasteiger partial charge is 0.273 e. The molecular weight excluding hydrogens is 354 g/mol. The number of carbonyl (C=O) groups excluding carboxylic acids is 2. The molecule has 142 valence electrons. The molecule has 1 aliphatic rings. The van der Waals surface area contributed by atoms with Crippen molar-refractivity contribution in [1.82, 2.24) is 25.6 Å². The van der Waals surface area contributed by atoms with Gasteiger partial charge in [0.1, 0.15) is 0 Å². The van der Waals surface area contributed by atoms with E-state index in [0.29, 0.717) is 23.5 Å². The maximum Gasteiger partial charge on any atom is 0.273 e. The van der Waals surface area contributed by atoms with Gasteiger partial charge < -0.3 is 10.6 Å².